The Morgan fingerprint density at radius 2 is 0.708 bits per heavy atom. The Morgan fingerprint density at radius 3 is 1.04 bits per heavy atom. The molecule has 1 saturated heterocycles. The molecule has 372 valence electrons. The Labute approximate surface area is 426 Å². The van der Waals surface area contributed by atoms with Crippen molar-refractivity contribution in [2.75, 3.05) is 79.2 Å². The van der Waals surface area contributed by atoms with Gasteiger partial charge in [0.1, 0.15) is 0 Å². The Morgan fingerprint density at radius 1 is 0.403 bits per heavy atom. The summed E-state index contributed by atoms with van der Waals surface area (Å²) in [6, 6.07) is 57.1. The number of amides is 2. The van der Waals surface area contributed by atoms with Crippen LogP contribution in [0.15, 0.2) is 194 Å². The first-order chi connectivity index (χ1) is 35.6. The monoisotopic (exact) mass is 965 g/mol. The highest BCUT2D eigenvalue weighted by atomic mass is 16.6. The molecule has 2 amide bonds. The summed E-state index contributed by atoms with van der Waals surface area (Å²) in [4.78, 5) is 30.5. The highest BCUT2D eigenvalue weighted by Gasteiger charge is 2.27. The standard InChI is InChI=1S/C63H67NO8/c65-62(47-55-25-33-59(34-26-55)57(29-21-51-13-5-1-6-14-51)30-22-52-15-7-2-8-16-52)64(49-61-50-71-44-43-69-40-39-67-37-38-68-41-42-70-45-46-72-61)63(66)48-56-27-35-60(36-28-56)58(31-23-53-17-9-3-10-18-53)32-24-54-19-11-4-12-20-54/h1-36,57-58,61H,37-50H2/b29-21+,30-22+,31-23+,32-24+. The van der Waals surface area contributed by atoms with Crippen molar-refractivity contribution in [3.63, 3.8) is 0 Å². The van der Waals surface area contributed by atoms with Crippen molar-refractivity contribution in [2.45, 2.75) is 30.8 Å². The van der Waals surface area contributed by atoms with Crippen LogP contribution in [0.2, 0.25) is 0 Å². The highest BCUT2D eigenvalue weighted by molar-refractivity contribution is 5.97. The highest BCUT2D eigenvalue weighted by Crippen LogP contribution is 2.25. The zero-order valence-corrected chi connectivity index (χ0v) is 41.1. The first kappa shape index (κ1) is 53.0. The van der Waals surface area contributed by atoms with E-state index in [1.54, 1.807) is 0 Å². The van der Waals surface area contributed by atoms with E-state index in [0.29, 0.717) is 59.5 Å². The summed E-state index contributed by atoms with van der Waals surface area (Å²) in [6.45, 7) is 4.01. The lowest BCUT2D eigenvalue weighted by Crippen LogP contribution is -2.45. The van der Waals surface area contributed by atoms with Gasteiger partial charge in [0.2, 0.25) is 11.8 Å². The molecule has 9 heteroatoms. The normalized spacial score (nSPS) is 16.1. The van der Waals surface area contributed by atoms with Gasteiger partial charge in [0.15, 0.2) is 0 Å². The van der Waals surface area contributed by atoms with Crippen LogP contribution in [0, 0.1) is 0 Å². The molecule has 72 heavy (non-hydrogen) atoms. The molecule has 0 saturated carbocycles. The summed E-state index contributed by atoms with van der Waals surface area (Å²) < 4.78 is 35.0. The van der Waals surface area contributed by atoms with Crippen molar-refractivity contribution >= 4 is 36.1 Å². The Balaban J connectivity index is 1.10. The predicted octanol–water partition coefficient (Wildman–Crippen LogP) is 11.3. The lowest BCUT2D eigenvalue weighted by molar-refractivity contribution is -0.148. The number of carbonyl (C=O) groups excluding carboxylic acids is 2. The van der Waals surface area contributed by atoms with E-state index in [-0.39, 0.29) is 56.3 Å². The SMILES string of the molecule is O=C(Cc1ccc(C(/C=C/c2ccccc2)/C=C/c2ccccc2)cc1)N(CC1COCCOCCOCCOCCOCCO1)C(=O)Cc1ccc(C(/C=C/c2ccccc2)/C=C/c2ccccc2)cc1. The summed E-state index contributed by atoms with van der Waals surface area (Å²) in [7, 11) is 0. The molecule has 0 spiro atoms. The van der Waals surface area contributed by atoms with Crippen molar-refractivity contribution in [1.29, 1.82) is 0 Å². The fourth-order valence-electron chi connectivity index (χ4n) is 8.01. The molecule has 1 aliphatic heterocycles. The number of benzene rings is 6. The van der Waals surface area contributed by atoms with Gasteiger partial charge in [0, 0.05) is 11.8 Å². The van der Waals surface area contributed by atoms with Gasteiger partial charge in [-0.05, 0) is 44.5 Å². The minimum Gasteiger partial charge on any atom is -0.377 e. The smallest absolute Gasteiger partial charge is 0.233 e. The minimum absolute atomic E-state index is 0.00108. The van der Waals surface area contributed by atoms with Crippen LogP contribution >= 0.6 is 0 Å². The zero-order chi connectivity index (χ0) is 49.7. The third kappa shape index (κ3) is 19.1. The van der Waals surface area contributed by atoms with Crippen molar-refractivity contribution in [1.82, 2.24) is 4.90 Å². The number of rotatable bonds is 16. The van der Waals surface area contributed by atoms with E-state index >= 15 is 0 Å². The summed E-state index contributed by atoms with van der Waals surface area (Å²) in [6.07, 6.45) is 16.7. The molecule has 0 aromatic heterocycles. The van der Waals surface area contributed by atoms with E-state index in [2.05, 4.69) is 121 Å². The molecule has 0 aliphatic carbocycles. The van der Waals surface area contributed by atoms with Crippen LogP contribution in [-0.4, -0.2) is 102 Å². The molecule has 1 heterocycles. The van der Waals surface area contributed by atoms with Gasteiger partial charge in [-0.2, -0.15) is 0 Å². The van der Waals surface area contributed by atoms with Crippen molar-refractivity contribution in [3.8, 4) is 0 Å². The van der Waals surface area contributed by atoms with Crippen LogP contribution in [0.5, 0.6) is 0 Å². The molecular weight excluding hydrogens is 899 g/mol. The van der Waals surface area contributed by atoms with Crippen LogP contribution < -0.4 is 0 Å². The molecule has 1 fully saturated rings. The molecule has 0 N–H and O–H groups in total. The molecule has 1 atom stereocenters. The van der Waals surface area contributed by atoms with E-state index in [9.17, 15) is 9.59 Å². The number of imide groups is 1. The fourth-order valence-corrected chi connectivity index (χ4v) is 8.01. The van der Waals surface area contributed by atoms with Crippen LogP contribution in [0.4, 0.5) is 0 Å². The largest absolute Gasteiger partial charge is 0.377 e. The number of hydrogen-bond acceptors (Lipinski definition) is 8. The second kappa shape index (κ2) is 30.8. The summed E-state index contributed by atoms with van der Waals surface area (Å²) in [5.74, 6) is -0.712. The number of nitrogens with zero attached hydrogens (tertiary/aromatic N) is 1. The van der Waals surface area contributed by atoms with Crippen molar-refractivity contribution in [3.05, 3.63) is 239 Å². The van der Waals surface area contributed by atoms with Crippen LogP contribution in [0.3, 0.4) is 0 Å². The molecule has 7 rings (SSSR count). The summed E-state index contributed by atoms with van der Waals surface area (Å²) >= 11 is 0. The van der Waals surface area contributed by atoms with Gasteiger partial charge in [-0.15, -0.1) is 0 Å². The van der Waals surface area contributed by atoms with E-state index < -0.39 is 6.10 Å². The van der Waals surface area contributed by atoms with Gasteiger partial charge in [-0.1, -0.05) is 218 Å². The number of ether oxygens (including phenoxy) is 6. The van der Waals surface area contributed by atoms with Gasteiger partial charge in [0.25, 0.3) is 0 Å². The molecule has 9 nitrogen and oxygen atoms in total. The van der Waals surface area contributed by atoms with Gasteiger partial charge in [-0.25, -0.2) is 0 Å². The van der Waals surface area contributed by atoms with Crippen molar-refractivity contribution in [2.24, 2.45) is 0 Å². The minimum atomic E-state index is -0.619. The fraction of sp³-hybridized carbons (Fsp3) is 0.270. The number of hydrogen-bond donors (Lipinski definition) is 0. The lowest BCUT2D eigenvalue weighted by Gasteiger charge is -2.27. The Bertz CT molecular complexity index is 2300. The van der Waals surface area contributed by atoms with Crippen LogP contribution in [0.25, 0.3) is 24.3 Å². The summed E-state index contributed by atoms with van der Waals surface area (Å²) in [5.41, 5.74) is 8.17. The zero-order valence-electron chi connectivity index (χ0n) is 41.1. The molecule has 1 aliphatic rings. The molecule has 0 bridgehead atoms. The molecule has 6 aromatic rings. The Hall–Kier alpha value is -6.82. The van der Waals surface area contributed by atoms with Gasteiger partial charge in [-0.3, -0.25) is 14.5 Å². The average Bonchev–Trinajstić information content (AvgIpc) is 3.42. The van der Waals surface area contributed by atoms with E-state index in [4.69, 9.17) is 28.4 Å². The molecular formula is C63H67NO8. The second-order valence-corrected chi connectivity index (χ2v) is 17.4. The average molecular weight is 966 g/mol. The third-order valence-electron chi connectivity index (χ3n) is 12.0. The van der Waals surface area contributed by atoms with Crippen LogP contribution in [-0.2, 0) is 50.9 Å². The predicted molar refractivity (Wildman–Crippen MR) is 288 cm³/mol. The van der Waals surface area contributed by atoms with Gasteiger partial charge < -0.3 is 28.4 Å². The molecule has 6 aromatic carbocycles. The maximum absolute atomic E-state index is 14.6. The number of carbonyl (C=O) groups is 2. The lowest BCUT2D eigenvalue weighted by atomic mass is 9.94. The maximum atomic E-state index is 14.6. The quantitative estimate of drug-likeness (QED) is 0.0947. The van der Waals surface area contributed by atoms with Gasteiger partial charge in [0.05, 0.1) is 98.2 Å². The molecule has 1 unspecified atom stereocenters. The first-order valence-electron chi connectivity index (χ1n) is 25.0. The van der Waals surface area contributed by atoms with Gasteiger partial charge >= 0.3 is 0 Å². The van der Waals surface area contributed by atoms with E-state index in [1.807, 2.05) is 97.1 Å². The van der Waals surface area contributed by atoms with E-state index in [1.165, 1.54) is 4.90 Å². The first-order valence-corrected chi connectivity index (χ1v) is 25.0. The second-order valence-electron chi connectivity index (χ2n) is 17.4. The maximum Gasteiger partial charge on any atom is 0.233 e. The third-order valence-corrected chi connectivity index (χ3v) is 12.0. The van der Waals surface area contributed by atoms with Crippen molar-refractivity contribution < 1.29 is 38.0 Å². The topological polar surface area (TPSA) is 92.8 Å². The summed E-state index contributed by atoms with van der Waals surface area (Å²) in [5, 5.41) is 0. The number of allylic oxidation sites excluding steroid dienone is 4. The Kier molecular flexibility index (Phi) is 22.7. The molecule has 0 radical (unpaired) electrons. The van der Waals surface area contributed by atoms with E-state index in [0.717, 1.165) is 44.5 Å². The van der Waals surface area contributed by atoms with Crippen LogP contribution in [0.1, 0.15) is 56.3 Å².